The number of nitrogens with one attached hydrogen (secondary N) is 1. The van der Waals surface area contributed by atoms with Crippen LogP contribution >= 0.6 is 0 Å². The molecule has 0 bridgehead atoms. The van der Waals surface area contributed by atoms with Crippen molar-refractivity contribution in [1.29, 1.82) is 0 Å². The summed E-state index contributed by atoms with van der Waals surface area (Å²) in [5, 5.41) is 3.01. The van der Waals surface area contributed by atoms with Crippen molar-refractivity contribution >= 4 is 11.6 Å². The molecule has 0 fully saturated rings. The Morgan fingerprint density at radius 1 is 0.917 bits per heavy atom. The summed E-state index contributed by atoms with van der Waals surface area (Å²) in [4.78, 5) is 12.6. The zero-order valence-corrected chi connectivity index (χ0v) is 13.5. The molecule has 24 heavy (non-hydrogen) atoms. The lowest BCUT2D eigenvalue weighted by Crippen LogP contribution is -2.13. The number of carbonyl (C=O) groups is 1. The fraction of sp³-hybridized carbons (Fsp3) is 0.0952. The van der Waals surface area contributed by atoms with Gasteiger partial charge in [-0.2, -0.15) is 0 Å². The second-order valence-corrected chi connectivity index (χ2v) is 5.50. The van der Waals surface area contributed by atoms with Crippen molar-refractivity contribution < 1.29 is 9.53 Å². The van der Waals surface area contributed by atoms with Crippen LogP contribution in [-0.4, -0.2) is 13.0 Å². The Balaban J connectivity index is 1.86. The zero-order chi connectivity index (χ0) is 16.8. The normalized spacial score (nSPS) is 10.4. The number of ether oxygens (including phenoxy) is 1. The van der Waals surface area contributed by atoms with Crippen molar-refractivity contribution in [2.45, 2.75) is 6.61 Å². The number of methoxy groups -OCH3 is 1. The van der Waals surface area contributed by atoms with Crippen LogP contribution in [0.5, 0.6) is 0 Å². The average Bonchev–Trinajstić information content (AvgIpc) is 2.63. The molecule has 1 N–H and O–H groups in total. The minimum Gasteiger partial charge on any atom is -0.380 e. The van der Waals surface area contributed by atoms with Crippen LogP contribution in [0.4, 0.5) is 5.69 Å². The summed E-state index contributed by atoms with van der Waals surface area (Å²) < 4.78 is 5.13. The summed E-state index contributed by atoms with van der Waals surface area (Å²) >= 11 is 0. The van der Waals surface area contributed by atoms with Gasteiger partial charge in [0.25, 0.3) is 5.91 Å². The predicted molar refractivity (Wildman–Crippen MR) is 97.0 cm³/mol. The maximum absolute atomic E-state index is 12.6. The molecule has 0 saturated heterocycles. The second-order valence-electron chi connectivity index (χ2n) is 5.50. The minimum absolute atomic E-state index is 0.128. The Hall–Kier alpha value is -2.91. The molecule has 0 spiro atoms. The van der Waals surface area contributed by atoms with Crippen molar-refractivity contribution in [3.8, 4) is 11.1 Å². The zero-order valence-electron chi connectivity index (χ0n) is 13.5. The number of carbonyl (C=O) groups excluding carboxylic acids is 1. The first-order valence-electron chi connectivity index (χ1n) is 7.81. The Morgan fingerprint density at radius 2 is 1.67 bits per heavy atom. The van der Waals surface area contributed by atoms with E-state index >= 15 is 0 Å². The average molecular weight is 317 g/mol. The predicted octanol–water partition coefficient (Wildman–Crippen LogP) is 4.75. The van der Waals surface area contributed by atoms with E-state index in [1.54, 1.807) is 13.2 Å². The van der Waals surface area contributed by atoms with E-state index in [9.17, 15) is 4.79 Å². The van der Waals surface area contributed by atoms with E-state index in [1.807, 2.05) is 72.8 Å². The van der Waals surface area contributed by atoms with Crippen LogP contribution in [0.3, 0.4) is 0 Å². The van der Waals surface area contributed by atoms with Gasteiger partial charge in [-0.3, -0.25) is 4.79 Å². The number of para-hydroxylation sites is 1. The van der Waals surface area contributed by atoms with Gasteiger partial charge >= 0.3 is 0 Å². The van der Waals surface area contributed by atoms with Gasteiger partial charge < -0.3 is 10.1 Å². The molecular weight excluding hydrogens is 298 g/mol. The van der Waals surface area contributed by atoms with Gasteiger partial charge in [0.05, 0.1) is 6.61 Å². The van der Waals surface area contributed by atoms with Gasteiger partial charge in [-0.05, 0) is 29.3 Å². The lowest BCUT2D eigenvalue weighted by atomic mass is 10.0. The molecule has 0 saturated carbocycles. The van der Waals surface area contributed by atoms with E-state index in [2.05, 4.69) is 5.32 Å². The van der Waals surface area contributed by atoms with Gasteiger partial charge in [-0.1, -0.05) is 60.7 Å². The van der Waals surface area contributed by atoms with E-state index in [1.165, 1.54) is 0 Å². The minimum atomic E-state index is -0.128. The molecule has 3 heteroatoms. The van der Waals surface area contributed by atoms with Crippen LogP contribution < -0.4 is 5.32 Å². The van der Waals surface area contributed by atoms with Crippen LogP contribution in [0.15, 0.2) is 78.9 Å². The van der Waals surface area contributed by atoms with Gasteiger partial charge in [-0.15, -0.1) is 0 Å². The van der Waals surface area contributed by atoms with Gasteiger partial charge in [0.2, 0.25) is 0 Å². The Labute approximate surface area is 141 Å². The monoisotopic (exact) mass is 317 g/mol. The first-order chi connectivity index (χ1) is 11.8. The Morgan fingerprint density at radius 3 is 2.46 bits per heavy atom. The van der Waals surface area contributed by atoms with E-state index < -0.39 is 0 Å². The van der Waals surface area contributed by atoms with Crippen LogP contribution in [0, 0.1) is 0 Å². The van der Waals surface area contributed by atoms with Crippen molar-refractivity contribution in [3.05, 3.63) is 90.0 Å². The SMILES string of the molecule is COCc1cccc(C(=O)Nc2ccccc2-c2ccccc2)c1. The molecule has 0 atom stereocenters. The largest absolute Gasteiger partial charge is 0.380 e. The number of amides is 1. The van der Waals surface area contributed by atoms with Gasteiger partial charge in [0.1, 0.15) is 0 Å². The van der Waals surface area contributed by atoms with Crippen LogP contribution in [-0.2, 0) is 11.3 Å². The number of anilines is 1. The number of hydrogen-bond acceptors (Lipinski definition) is 2. The number of benzene rings is 3. The first kappa shape index (κ1) is 16.0. The molecule has 3 aromatic carbocycles. The molecule has 1 amide bonds. The molecule has 3 nitrogen and oxygen atoms in total. The third-order valence-corrected chi connectivity index (χ3v) is 3.76. The van der Waals surface area contributed by atoms with Crippen LogP contribution in [0.1, 0.15) is 15.9 Å². The number of rotatable bonds is 5. The third kappa shape index (κ3) is 3.70. The maximum atomic E-state index is 12.6. The molecule has 3 aromatic rings. The molecule has 0 unspecified atom stereocenters. The maximum Gasteiger partial charge on any atom is 0.255 e. The van der Waals surface area contributed by atoms with E-state index in [0.29, 0.717) is 12.2 Å². The van der Waals surface area contributed by atoms with E-state index in [4.69, 9.17) is 4.74 Å². The highest BCUT2D eigenvalue weighted by molar-refractivity contribution is 6.06. The van der Waals surface area contributed by atoms with E-state index in [0.717, 1.165) is 22.4 Å². The van der Waals surface area contributed by atoms with Crippen molar-refractivity contribution in [1.82, 2.24) is 0 Å². The highest BCUT2D eigenvalue weighted by atomic mass is 16.5. The topological polar surface area (TPSA) is 38.3 Å². The second kappa shape index (κ2) is 7.57. The fourth-order valence-electron chi connectivity index (χ4n) is 2.63. The molecule has 120 valence electrons. The molecule has 0 radical (unpaired) electrons. The lowest BCUT2D eigenvalue weighted by Gasteiger charge is -2.12. The Bertz CT molecular complexity index is 828. The summed E-state index contributed by atoms with van der Waals surface area (Å²) in [5.74, 6) is -0.128. The molecular formula is C21H19NO2. The molecule has 0 aliphatic rings. The summed E-state index contributed by atoms with van der Waals surface area (Å²) in [6.45, 7) is 0.488. The summed E-state index contributed by atoms with van der Waals surface area (Å²) in [7, 11) is 1.64. The quantitative estimate of drug-likeness (QED) is 0.737. The lowest BCUT2D eigenvalue weighted by molar-refractivity contribution is 0.102. The van der Waals surface area contributed by atoms with Crippen molar-refractivity contribution in [2.75, 3.05) is 12.4 Å². The molecule has 0 aromatic heterocycles. The molecule has 0 aliphatic heterocycles. The standard InChI is InChI=1S/C21H19NO2/c1-24-15-16-8-7-11-18(14-16)21(23)22-20-13-6-5-12-19(20)17-9-3-2-4-10-17/h2-14H,15H2,1H3,(H,22,23). The smallest absolute Gasteiger partial charge is 0.255 e. The first-order valence-corrected chi connectivity index (χ1v) is 7.81. The third-order valence-electron chi connectivity index (χ3n) is 3.76. The molecule has 0 heterocycles. The van der Waals surface area contributed by atoms with Crippen LogP contribution in [0.2, 0.25) is 0 Å². The fourth-order valence-corrected chi connectivity index (χ4v) is 2.63. The van der Waals surface area contributed by atoms with Gasteiger partial charge in [0.15, 0.2) is 0 Å². The number of hydrogen-bond donors (Lipinski definition) is 1. The highest BCUT2D eigenvalue weighted by Crippen LogP contribution is 2.27. The van der Waals surface area contributed by atoms with Gasteiger partial charge in [-0.25, -0.2) is 0 Å². The molecule has 3 rings (SSSR count). The summed E-state index contributed by atoms with van der Waals surface area (Å²) in [6, 6.07) is 25.3. The summed E-state index contributed by atoms with van der Waals surface area (Å²) in [5.41, 5.74) is 4.46. The van der Waals surface area contributed by atoms with Gasteiger partial charge in [0, 0.05) is 23.9 Å². The molecule has 0 aliphatic carbocycles. The van der Waals surface area contributed by atoms with Crippen molar-refractivity contribution in [3.63, 3.8) is 0 Å². The van der Waals surface area contributed by atoms with Crippen LogP contribution in [0.25, 0.3) is 11.1 Å². The van der Waals surface area contributed by atoms with E-state index in [-0.39, 0.29) is 5.91 Å². The Kier molecular flexibility index (Phi) is 5.04. The summed E-state index contributed by atoms with van der Waals surface area (Å²) in [6.07, 6.45) is 0. The van der Waals surface area contributed by atoms with Crippen molar-refractivity contribution in [2.24, 2.45) is 0 Å². The highest BCUT2D eigenvalue weighted by Gasteiger charge is 2.10.